The summed E-state index contributed by atoms with van der Waals surface area (Å²) in [5, 5.41) is 19.3. The first kappa shape index (κ1) is 17.4. The number of aromatic nitrogens is 1. The summed E-state index contributed by atoms with van der Waals surface area (Å²) in [6.07, 6.45) is 6.83. The zero-order valence-electron chi connectivity index (χ0n) is 14.6. The Hall–Kier alpha value is -2.38. The molecule has 25 heavy (non-hydrogen) atoms. The molecule has 3 rings (SSSR count). The lowest BCUT2D eigenvalue weighted by molar-refractivity contribution is 0.0849. The molecular formula is C21H25N3O. The van der Waals surface area contributed by atoms with Crippen molar-refractivity contribution in [3.63, 3.8) is 0 Å². The summed E-state index contributed by atoms with van der Waals surface area (Å²) in [6, 6.07) is 16.4. The molecule has 1 aliphatic heterocycles. The molecule has 1 fully saturated rings. The number of anilines is 1. The lowest BCUT2D eigenvalue weighted by Gasteiger charge is -2.41. The van der Waals surface area contributed by atoms with Crippen LogP contribution in [0.25, 0.3) is 0 Å². The minimum Gasteiger partial charge on any atom is -0.396 e. The SMILES string of the molecule is N#Cc1cccnc1N1CCC(CO)(CCCc2ccccc2)CC1. The van der Waals surface area contributed by atoms with E-state index in [1.165, 1.54) is 5.56 Å². The Bertz CT molecular complexity index is 715. The summed E-state index contributed by atoms with van der Waals surface area (Å²) in [4.78, 5) is 6.57. The van der Waals surface area contributed by atoms with E-state index in [9.17, 15) is 10.4 Å². The molecule has 130 valence electrons. The Kier molecular flexibility index (Phi) is 5.67. The first-order valence-corrected chi connectivity index (χ1v) is 9.01. The molecule has 0 saturated carbocycles. The molecule has 1 saturated heterocycles. The number of aryl methyl sites for hydroxylation is 1. The van der Waals surface area contributed by atoms with Gasteiger partial charge in [0, 0.05) is 25.9 Å². The smallest absolute Gasteiger partial charge is 0.146 e. The molecule has 1 aromatic carbocycles. The topological polar surface area (TPSA) is 60.2 Å². The van der Waals surface area contributed by atoms with Gasteiger partial charge in [0.25, 0.3) is 0 Å². The van der Waals surface area contributed by atoms with E-state index in [4.69, 9.17) is 0 Å². The summed E-state index contributed by atoms with van der Waals surface area (Å²) in [5.41, 5.74) is 2.00. The molecule has 2 heterocycles. The second-order valence-corrected chi connectivity index (χ2v) is 6.97. The van der Waals surface area contributed by atoms with Gasteiger partial charge in [-0.2, -0.15) is 5.26 Å². The molecule has 1 N–H and O–H groups in total. The molecule has 0 radical (unpaired) electrons. The molecule has 0 atom stereocenters. The van der Waals surface area contributed by atoms with Crippen molar-refractivity contribution in [1.29, 1.82) is 5.26 Å². The zero-order valence-corrected chi connectivity index (χ0v) is 14.6. The quantitative estimate of drug-likeness (QED) is 0.877. The van der Waals surface area contributed by atoms with Crippen LogP contribution in [-0.2, 0) is 6.42 Å². The molecule has 0 bridgehead atoms. The Balaban J connectivity index is 1.57. The highest BCUT2D eigenvalue weighted by Crippen LogP contribution is 2.37. The van der Waals surface area contributed by atoms with Gasteiger partial charge in [-0.25, -0.2) is 4.98 Å². The first-order valence-electron chi connectivity index (χ1n) is 9.01. The Morgan fingerprint density at radius 1 is 1.12 bits per heavy atom. The fourth-order valence-corrected chi connectivity index (χ4v) is 3.73. The minimum atomic E-state index is 0.00681. The van der Waals surface area contributed by atoms with Crippen LogP contribution in [0.3, 0.4) is 0 Å². The van der Waals surface area contributed by atoms with Gasteiger partial charge in [0.15, 0.2) is 0 Å². The van der Waals surface area contributed by atoms with Crippen LogP contribution in [0.15, 0.2) is 48.7 Å². The predicted molar refractivity (Wildman–Crippen MR) is 99.3 cm³/mol. The van der Waals surface area contributed by atoms with E-state index in [-0.39, 0.29) is 12.0 Å². The van der Waals surface area contributed by atoms with Crippen molar-refractivity contribution in [2.45, 2.75) is 32.1 Å². The Labute approximate surface area is 149 Å². The van der Waals surface area contributed by atoms with Crippen LogP contribution in [0.1, 0.15) is 36.8 Å². The van der Waals surface area contributed by atoms with Crippen molar-refractivity contribution >= 4 is 5.82 Å². The van der Waals surface area contributed by atoms with Crippen molar-refractivity contribution in [2.24, 2.45) is 5.41 Å². The van der Waals surface area contributed by atoms with Crippen molar-refractivity contribution in [1.82, 2.24) is 4.98 Å². The highest BCUT2D eigenvalue weighted by Gasteiger charge is 2.34. The monoisotopic (exact) mass is 335 g/mol. The largest absolute Gasteiger partial charge is 0.396 e. The molecule has 4 nitrogen and oxygen atoms in total. The zero-order chi connectivity index (χ0) is 17.5. The fraction of sp³-hybridized carbons (Fsp3) is 0.429. The molecule has 0 spiro atoms. The van der Waals surface area contributed by atoms with E-state index >= 15 is 0 Å². The first-order chi connectivity index (χ1) is 12.3. The van der Waals surface area contributed by atoms with Crippen LogP contribution in [0, 0.1) is 16.7 Å². The van der Waals surface area contributed by atoms with Crippen molar-refractivity contribution in [3.05, 3.63) is 59.8 Å². The van der Waals surface area contributed by atoms with E-state index < -0.39 is 0 Å². The lowest BCUT2D eigenvalue weighted by Crippen LogP contribution is -2.42. The number of hydrogen-bond acceptors (Lipinski definition) is 4. The van der Waals surface area contributed by atoms with E-state index in [0.717, 1.165) is 51.0 Å². The Morgan fingerprint density at radius 3 is 2.56 bits per heavy atom. The highest BCUT2D eigenvalue weighted by molar-refractivity contribution is 5.53. The molecule has 0 unspecified atom stereocenters. The van der Waals surface area contributed by atoms with Crippen LogP contribution in [0.5, 0.6) is 0 Å². The number of rotatable bonds is 6. The molecule has 0 amide bonds. The second kappa shape index (κ2) is 8.13. The van der Waals surface area contributed by atoms with Crippen LogP contribution in [-0.4, -0.2) is 29.8 Å². The Morgan fingerprint density at radius 2 is 1.88 bits per heavy atom. The molecule has 1 aliphatic rings. The van der Waals surface area contributed by atoms with Crippen molar-refractivity contribution < 1.29 is 5.11 Å². The van der Waals surface area contributed by atoms with Crippen LogP contribution in [0.2, 0.25) is 0 Å². The number of hydrogen-bond donors (Lipinski definition) is 1. The maximum Gasteiger partial charge on any atom is 0.146 e. The van der Waals surface area contributed by atoms with E-state index in [1.807, 2.05) is 12.1 Å². The average molecular weight is 335 g/mol. The van der Waals surface area contributed by atoms with Gasteiger partial charge in [0.1, 0.15) is 11.9 Å². The summed E-state index contributed by atoms with van der Waals surface area (Å²) >= 11 is 0. The number of nitrogens with zero attached hydrogens (tertiary/aromatic N) is 3. The number of benzene rings is 1. The van der Waals surface area contributed by atoms with Gasteiger partial charge in [-0.1, -0.05) is 30.3 Å². The third-order valence-corrected chi connectivity index (χ3v) is 5.38. The highest BCUT2D eigenvalue weighted by atomic mass is 16.3. The normalized spacial score (nSPS) is 16.4. The predicted octanol–water partition coefficient (Wildman–Crippen LogP) is 3.56. The standard InChI is InChI=1S/C21H25N3O/c22-16-19-9-5-13-23-20(19)24-14-11-21(17-25,12-15-24)10-4-8-18-6-2-1-3-7-18/h1-3,5-7,9,13,25H,4,8,10-12,14-15,17H2. The average Bonchev–Trinajstić information content (AvgIpc) is 2.69. The number of pyridine rings is 1. The maximum atomic E-state index is 10.0. The lowest BCUT2D eigenvalue weighted by atomic mass is 9.75. The summed E-state index contributed by atoms with van der Waals surface area (Å²) in [6.45, 7) is 1.93. The summed E-state index contributed by atoms with van der Waals surface area (Å²) < 4.78 is 0. The third kappa shape index (κ3) is 4.18. The molecule has 1 aromatic heterocycles. The van der Waals surface area contributed by atoms with Gasteiger partial charge in [-0.15, -0.1) is 0 Å². The van der Waals surface area contributed by atoms with Gasteiger partial charge < -0.3 is 10.0 Å². The molecule has 4 heteroatoms. The molecule has 2 aromatic rings. The minimum absolute atomic E-state index is 0.00681. The summed E-state index contributed by atoms with van der Waals surface area (Å²) in [7, 11) is 0. The van der Waals surface area contributed by atoms with Crippen LogP contribution in [0.4, 0.5) is 5.82 Å². The van der Waals surface area contributed by atoms with Crippen molar-refractivity contribution in [2.75, 3.05) is 24.6 Å². The van der Waals surface area contributed by atoms with E-state index in [1.54, 1.807) is 12.3 Å². The fourth-order valence-electron chi connectivity index (χ4n) is 3.73. The number of nitriles is 1. The van der Waals surface area contributed by atoms with E-state index in [2.05, 4.69) is 40.2 Å². The van der Waals surface area contributed by atoms with Gasteiger partial charge in [0.2, 0.25) is 0 Å². The third-order valence-electron chi connectivity index (χ3n) is 5.38. The number of aliphatic hydroxyl groups excluding tert-OH is 1. The molecular weight excluding hydrogens is 310 g/mol. The number of aliphatic hydroxyl groups is 1. The second-order valence-electron chi connectivity index (χ2n) is 6.97. The van der Waals surface area contributed by atoms with Crippen LogP contribution < -0.4 is 4.90 Å². The summed E-state index contributed by atoms with van der Waals surface area (Å²) in [5.74, 6) is 0.779. The van der Waals surface area contributed by atoms with Gasteiger partial charge in [0.05, 0.1) is 5.56 Å². The van der Waals surface area contributed by atoms with E-state index in [0.29, 0.717) is 5.56 Å². The maximum absolute atomic E-state index is 10.0. The van der Waals surface area contributed by atoms with Crippen molar-refractivity contribution in [3.8, 4) is 6.07 Å². The van der Waals surface area contributed by atoms with Gasteiger partial charge in [-0.3, -0.25) is 0 Å². The number of piperidine rings is 1. The van der Waals surface area contributed by atoms with Gasteiger partial charge in [-0.05, 0) is 55.2 Å². The molecule has 0 aliphatic carbocycles. The van der Waals surface area contributed by atoms with Crippen LogP contribution >= 0.6 is 0 Å². The van der Waals surface area contributed by atoms with Gasteiger partial charge >= 0.3 is 0 Å².